The highest BCUT2D eigenvalue weighted by atomic mass is 35.5. The molecule has 2 aromatic heterocycles. The number of nitrogens with zero attached hydrogens (tertiary/aromatic N) is 4. The monoisotopic (exact) mass is 504 g/mol. The Morgan fingerprint density at radius 1 is 1.03 bits per heavy atom. The van der Waals surface area contributed by atoms with E-state index in [1.165, 1.54) is 11.2 Å². The van der Waals surface area contributed by atoms with E-state index in [9.17, 15) is 9.59 Å². The van der Waals surface area contributed by atoms with Crippen molar-refractivity contribution in [2.45, 2.75) is 31.8 Å². The maximum absolute atomic E-state index is 13.6. The molecule has 1 aliphatic rings. The zero-order valence-corrected chi connectivity index (χ0v) is 20.3. The molecule has 36 heavy (non-hydrogen) atoms. The Kier molecular flexibility index (Phi) is 7.13. The molecule has 0 aliphatic carbocycles. The largest absolute Gasteiger partial charge is 0.459 e. The van der Waals surface area contributed by atoms with Gasteiger partial charge in [-0.25, -0.2) is 0 Å². The predicted octanol–water partition coefficient (Wildman–Crippen LogP) is 5.38. The van der Waals surface area contributed by atoms with Crippen molar-refractivity contribution in [2.24, 2.45) is 0 Å². The second-order valence-corrected chi connectivity index (χ2v) is 9.12. The first-order valence-corrected chi connectivity index (χ1v) is 12.2. The fourth-order valence-corrected chi connectivity index (χ4v) is 4.51. The summed E-state index contributed by atoms with van der Waals surface area (Å²) in [6, 6.07) is 19.6. The summed E-state index contributed by atoms with van der Waals surface area (Å²) in [5.74, 6) is 0.507. The number of likely N-dealkylation sites (tertiary alicyclic amines) is 1. The van der Waals surface area contributed by atoms with Crippen LogP contribution in [-0.2, 0) is 11.3 Å². The van der Waals surface area contributed by atoms with Gasteiger partial charge < -0.3 is 18.7 Å². The van der Waals surface area contributed by atoms with Crippen LogP contribution < -0.4 is 0 Å². The van der Waals surface area contributed by atoms with Gasteiger partial charge in [-0.05, 0) is 61.2 Å². The van der Waals surface area contributed by atoms with Gasteiger partial charge >= 0.3 is 0 Å². The highest BCUT2D eigenvalue weighted by Crippen LogP contribution is 2.31. The summed E-state index contributed by atoms with van der Waals surface area (Å²) in [5, 5.41) is 4.74. The summed E-state index contributed by atoms with van der Waals surface area (Å²) in [5.41, 5.74) is 1.70. The summed E-state index contributed by atoms with van der Waals surface area (Å²) in [4.78, 5) is 34.6. The van der Waals surface area contributed by atoms with E-state index in [0.717, 1.165) is 24.0 Å². The minimum Gasteiger partial charge on any atom is -0.459 e. The van der Waals surface area contributed by atoms with E-state index in [1.54, 1.807) is 29.2 Å². The summed E-state index contributed by atoms with van der Waals surface area (Å²) >= 11 is 5.99. The van der Waals surface area contributed by atoms with Gasteiger partial charge in [0, 0.05) is 23.7 Å². The molecule has 0 N–H and O–H groups in total. The minimum absolute atomic E-state index is 0.0941. The van der Waals surface area contributed by atoms with Crippen LogP contribution >= 0.6 is 11.6 Å². The molecule has 3 heterocycles. The van der Waals surface area contributed by atoms with Crippen molar-refractivity contribution in [3.63, 3.8) is 0 Å². The molecule has 1 atom stereocenters. The Morgan fingerprint density at radius 3 is 2.58 bits per heavy atom. The summed E-state index contributed by atoms with van der Waals surface area (Å²) in [6.45, 7) is 0.741. The van der Waals surface area contributed by atoms with Crippen LogP contribution in [0.25, 0.3) is 11.4 Å². The van der Waals surface area contributed by atoms with Crippen molar-refractivity contribution >= 4 is 23.4 Å². The number of hydrogen-bond donors (Lipinski definition) is 0. The minimum atomic E-state index is -0.350. The van der Waals surface area contributed by atoms with Crippen molar-refractivity contribution in [1.29, 1.82) is 0 Å². The molecule has 0 spiro atoms. The predicted molar refractivity (Wildman–Crippen MR) is 133 cm³/mol. The van der Waals surface area contributed by atoms with Gasteiger partial charge in [-0.15, -0.1) is 0 Å². The van der Waals surface area contributed by atoms with Crippen LogP contribution in [0.4, 0.5) is 0 Å². The van der Waals surface area contributed by atoms with Crippen LogP contribution in [0.15, 0.2) is 81.9 Å². The zero-order chi connectivity index (χ0) is 24.9. The number of hydrogen-bond acceptors (Lipinski definition) is 6. The summed E-state index contributed by atoms with van der Waals surface area (Å²) in [6.07, 6.45) is 3.96. The first-order valence-electron chi connectivity index (χ1n) is 11.8. The third kappa shape index (κ3) is 5.33. The van der Waals surface area contributed by atoms with Crippen LogP contribution in [0.5, 0.6) is 0 Å². The van der Waals surface area contributed by atoms with Crippen LogP contribution in [0.3, 0.4) is 0 Å². The lowest BCUT2D eigenvalue weighted by molar-refractivity contribution is -0.136. The van der Waals surface area contributed by atoms with Gasteiger partial charge in [-0.1, -0.05) is 47.1 Å². The van der Waals surface area contributed by atoms with Crippen molar-refractivity contribution in [3.8, 4) is 11.4 Å². The molecule has 8 nitrogen and oxygen atoms in total. The van der Waals surface area contributed by atoms with Gasteiger partial charge in [0.1, 0.15) is 12.6 Å². The number of furan rings is 1. The molecule has 1 unspecified atom stereocenters. The van der Waals surface area contributed by atoms with E-state index in [1.807, 2.05) is 42.5 Å². The second kappa shape index (κ2) is 10.8. The molecule has 0 saturated carbocycles. The Morgan fingerprint density at radius 2 is 1.83 bits per heavy atom. The fraction of sp³-hybridized carbons (Fsp3) is 0.259. The highest BCUT2D eigenvalue weighted by molar-refractivity contribution is 6.30. The Bertz CT molecular complexity index is 1310. The first-order chi connectivity index (χ1) is 17.6. The van der Waals surface area contributed by atoms with Gasteiger partial charge in [-0.2, -0.15) is 4.98 Å². The molecule has 2 amide bonds. The lowest BCUT2D eigenvalue weighted by Gasteiger charge is -2.35. The number of piperidine rings is 1. The molecular weight excluding hydrogens is 480 g/mol. The van der Waals surface area contributed by atoms with Crippen molar-refractivity contribution < 1.29 is 18.5 Å². The van der Waals surface area contributed by atoms with Crippen LogP contribution in [0.2, 0.25) is 5.02 Å². The van der Waals surface area contributed by atoms with Gasteiger partial charge in [0.25, 0.3) is 5.91 Å². The van der Waals surface area contributed by atoms with E-state index in [4.69, 9.17) is 20.5 Å². The lowest BCUT2D eigenvalue weighted by atomic mass is 10.0. The molecule has 184 valence electrons. The normalized spacial score (nSPS) is 15.6. The van der Waals surface area contributed by atoms with E-state index < -0.39 is 0 Å². The Balaban J connectivity index is 1.36. The van der Waals surface area contributed by atoms with Crippen molar-refractivity contribution in [2.75, 3.05) is 13.1 Å². The van der Waals surface area contributed by atoms with E-state index in [-0.39, 0.29) is 36.7 Å². The smallest absolute Gasteiger partial charge is 0.290 e. The third-order valence-corrected chi connectivity index (χ3v) is 6.47. The maximum Gasteiger partial charge on any atom is 0.290 e. The first kappa shape index (κ1) is 23.8. The molecule has 0 radical (unpaired) electrons. The zero-order valence-electron chi connectivity index (χ0n) is 19.5. The average molecular weight is 505 g/mol. The van der Waals surface area contributed by atoms with Crippen molar-refractivity contribution in [1.82, 2.24) is 19.9 Å². The second-order valence-electron chi connectivity index (χ2n) is 8.69. The Hall–Kier alpha value is -3.91. The number of halogens is 1. The molecule has 2 aromatic carbocycles. The average Bonchev–Trinajstić information content (AvgIpc) is 3.62. The molecule has 5 rings (SSSR count). The quantitative estimate of drug-likeness (QED) is 0.335. The third-order valence-electron chi connectivity index (χ3n) is 6.21. The summed E-state index contributed by atoms with van der Waals surface area (Å²) < 4.78 is 10.9. The number of rotatable bonds is 7. The lowest BCUT2D eigenvalue weighted by Crippen LogP contribution is -2.45. The van der Waals surface area contributed by atoms with E-state index >= 15 is 0 Å². The van der Waals surface area contributed by atoms with Gasteiger partial charge in [0.15, 0.2) is 5.76 Å². The van der Waals surface area contributed by atoms with Gasteiger partial charge in [0.05, 0.1) is 6.26 Å². The number of carbonyl (C=O) groups excluding carboxylic acids is 2. The van der Waals surface area contributed by atoms with Crippen LogP contribution in [0, 0.1) is 0 Å². The van der Waals surface area contributed by atoms with Gasteiger partial charge in [-0.3, -0.25) is 9.59 Å². The summed E-state index contributed by atoms with van der Waals surface area (Å²) in [7, 11) is 0. The molecule has 4 aromatic rings. The van der Waals surface area contributed by atoms with Gasteiger partial charge in [0.2, 0.25) is 17.6 Å². The fourth-order valence-electron chi connectivity index (χ4n) is 4.39. The number of amides is 2. The molecule has 9 heteroatoms. The molecule has 0 bridgehead atoms. The number of carbonyl (C=O) groups is 2. The molecule has 1 fully saturated rings. The van der Waals surface area contributed by atoms with Crippen molar-refractivity contribution in [3.05, 3.63) is 95.2 Å². The van der Waals surface area contributed by atoms with E-state index in [0.29, 0.717) is 29.7 Å². The number of benzene rings is 2. The van der Waals surface area contributed by atoms with Crippen LogP contribution in [0.1, 0.15) is 47.3 Å². The van der Waals surface area contributed by atoms with Crippen LogP contribution in [-0.4, -0.2) is 44.8 Å². The number of aromatic nitrogens is 2. The SMILES string of the molecule is O=C(c1ccco1)N(CC(=O)N1CCCCC1c1nc(-c2ccc(Cl)cc2)no1)Cc1ccccc1. The topological polar surface area (TPSA) is 92.7 Å². The standard InChI is InChI=1S/C27H25ClN4O4/c28-21-13-11-20(12-14-21)25-29-26(36-30-25)22-9-4-5-15-32(22)24(33)18-31(17-19-7-2-1-3-8-19)27(34)23-10-6-16-35-23/h1-3,6-8,10-14,16,22H,4-5,9,15,17-18H2. The molecular formula is C27H25ClN4O4. The Labute approximate surface area is 213 Å². The maximum atomic E-state index is 13.6. The van der Waals surface area contributed by atoms with E-state index in [2.05, 4.69) is 10.1 Å². The molecule has 1 aliphatic heterocycles. The highest BCUT2D eigenvalue weighted by Gasteiger charge is 2.34. The molecule has 1 saturated heterocycles.